The van der Waals surface area contributed by atoms with Gasteiger partial charge >= 0.3 is 0 Å². The summed E-state index contributed by atoms with van der Waals surface area (Å²) in [5.41, 5.74) is 6.17. The Labute approximate surface area is 131 Å². The van der Waals surface area contributed by atoms with Crippen LogP contribution in [0.4, 0.5) is 0 Å². The number of phenols is 1. The van der Waals surface area contributed by atoms with Gasteiger partial charge in [-0.25, -0.2) is 0 Å². The molecule has 3 N–H and O–H groups in total. The molecule has 1 amide bonds. The maximum absolute atomic E-state index is 12.4. The summed E-state index contributed by atoms with van der Waals surface area (Å²) in [6, 6.07) is 4.97. The van der Waals surface area contributed by atoms with Gasteiger partial charge in [0.05, 0.1) is 8.56 Å². The van der Waals surface area contributed by atoms with Gasteiger partial charge in [0.25, 0.3) is 5.91 Å². The number of nitrogens with zero attached hydrogens (tertiary/aromatic N) is 1. The van der Waals surface area contributed by atoms with E-state index in [2.05, 4.69) is 0 Å². The molecule has 0 saturated carbocycles. The fraction of sp³-hybridized carbons (Fsp3) is 0.385. The Morgan fingerprint density at radius 3 is 2.89 bits per heavy atom. The van der Waals surface area contributed by atoms with Gasteiger partial charge < -0.3 is 15.7 Å². The lowest BCUT2D eigenvalue weighted by molar-refractivity contribution is 0.0703. The topological polar surface area (TPSA) is 66.6 Å². The number of carbonyl (C=O) groups is 1. The first-order chi connectivity index (χ1) is 8.99. The number of likely N-dealkylation sites (tertiary alicyclic amines) is 1. The van der Waals surface area contributed by atoms with Crippen molar-refractivity contribution in [3.63, 3.8) is 0 Å². The van der Waals surface area contributed by atoms with Crippen molar-refractivity contribution in [2.45, 2.75) is 12.8 Å². The monoisotopic (exact) mass is 390 g/mol. The van der Waals surface area contributed by atoms with Gasteiger partial charge in [0, 0.05) is 24.6 Å². The Morgan fingerprint density at radius 2 is 2.26 bits per heavy atom. The fourth-order valence-corrected chi connectivity index (χ4v) is 2.75. The number of amides is 1. The van der Waals surface area contributed by atoms with Crippen LogP contribution in [-0.4, -0.2) is 34.0 Å². The van der Waals surface area contributed by atoms with Crippen LogP contribution in [0, 0.1) is 9.49 Å². The standard InChI is InChI=1S/C13H15IN2O2S/c14-10-4-3-8(6-11(10)17)13(18)16-5-1-2-9(7-16)12(15)19/h3-4,6,9,17H,1-2,5,7H2,(H2,15,19). The molecule has 2 rings (SSSR count). The molecule has 1 saturated heterocycles. The Balaban J connectivity index is 2.14. The van der Waals surface area contributed by atoms with Crippen LogP contribution in [0.3, 0.4) is 0 Å². The van der Waals surface area contributed by atoms with Crippen molar-refractivity contribution >= 4 is 45.7 Å². The average Bonchev–Trinajstić information content (AvgIpc) is 2.41. The molecule has 0 spiro atoms. The summed E-state index contributed by atoms with van der Waals surface area (Å²) in [5, 5.41) is 9.67. The van der Waals surface area contributed by atoms with Crippen LogP contribution >= 0.6 is 34.8 Å². The molecule has 102 valence electrons. The number of benzene rings is 1. The van der Waals surface area contributed by atoms with E-state index in [0.29, 0.717) is 23.6 Å². The molecule has 19 heavy (non-hydrogen) atoms. The van der Waals surface area contributed by atoms with Gasteiger partial charge in [0.2, 0.25) is 0 Å². The molecule has 1 aromatic carbocycles. The zero-order chi connectivity index (χ0) is 14.0. The van der Waals surface area contributed by atoms with Crippen LogP contribution in [0.25, 0.3) is 0 Å². The van der Waals surface area contributed by atoms with Gasteiger partial charge in [0.1, 0.15) is 5.75 Å². The average molecular weight is 390 g/mol. The lowest BCUT2D eigenvalue weighted by Crippen LogP contribution is -2.43. The second kappa shape index (κ2) is 6.04. The molecule has 0 bridgehead atoms. The Morgan fingerprint density at radius 1 is 1.53 bits per heavy atom. The van der Waals surface area contributed by atoms with Crippen molar-refractivity contribution in [2.75, 3.05) is 13.1 Å². The summed E-state index contributed by atoms with van der Waals surface area (Å²) >= 11 is 7.03. The van der Waals surface area contributed by atoms with Crippen LogP contribution in [-0.2, 0) is 0 Å². The predicted molar refractivity (Wildman–Crippen MR) is 86.2 cm³/mol. The summed E-state index contributed by atoms with van der Waals surface area (Å²) in [5.74, 6) is 0.159. The summed E-state index contributed by atoms with van der Waals surface area (Å²) in [6.45, 7) is 1.28. The molecule has 4 nitrogen and oxygen atoms in total. The van der Waals surface area contributed by atoms with E-state index < -0.39 is 0 Å². The highest BCUT2D eigenvalue weighted by Gasteiger charge is 2.26. The van der Waals surface area contributed by atoms with Gasteiger partial charge in [-0.3, -0.25) is 4.79 Å². The highest BCUT2D eigenvalue weighted by atomic mass is 127. The summed E-state index contributed by atoms with van der Waals surface area (Å²) < 4.78 is 0.730. The number of phenolic OH excluding ortho intramolecular Hbond substituents is 1. The lowest BCUT2D eigenvalue weighted by Gasteiger charge is -2.32. The molecule has 6 heteroatoms. The van der Waals surface area contributed by atoms with Crippen molar-refractivity contribution < 1.29 is 9.90 Å². The van der Waals surface area contributed by atoms with E-state index in [1.807, 2.05) is 22.6 Å². The molecular formula is C13H15IN2O2S. The first-order valence-corrected chi connectivity index (χ1v) is 7.55. The number of carbonyl (C=O) groups excluding carboxylic acids is 1. The number of hydrogen-bond donors (Lipinski definition) is 2. The third kappa shape index (κ3) is 3.36. The van der Waals surface area contributed by atoms with Gasteiger partial charge in [-0.2, -0.15) is 0 Å². The van der Waals surface area contributed by atoms with E-state index >= 15 is 0 Å². The van der Waals surface area contributed by atoms with Gasteiger partial charge in [-0.1, -0.05) is 12.2 Å². The number of hydrogen-bond acceptors (Lipinski definition) is 3. The minimum Gasteiger partial charge on any atom is -0.507 e. The number of aromatic hydroxyl groups is 1. The van der Waals surface area contributed by atoms with Crippen molar-refractivity contribution in [3.8, 4) is 5.75 Å². The maximum atomic E-state index is 12.4. The fourth-order valence-electron chi connectivity index (χ4n) is 2.22. The lowest BCUT2D eigenvalue weighted by atomic mass is 9.97. The molecule has 1 heterocycles. The van der Waals surface area contributed by atoms with Crippen molar-refractivity contribution in [3.05, 3.63) is 27.3 Å². The van der Waals surface area contributed by atoms with Crippen LogP contribution in [0.5, 0.6) is 5.75 Å². The highest BCUT2D eigenvalue weighted by molar-refractivity contribution is 14.1. The molecular weight excluding hydrogens is 375 g/mol. The van der Waals surface area contributed by atoms with E-state index in [0.717, 1.165) is 16.4 Å². The Kier molecular flexibility index (Phi) is 4.62. The maximum Gasteiger partial charge on any atom is 0.254 e. The highest BCUT2D eigenvalue weighted by Crippen LogP contribution is 2.23. The molecule has 1 aliphatic heterocycles. The first kappa shape index (κ1) is 14.5. The molecule has 1 aliphatic rings. The number of nitrogens with two attached hydrogens (primary N) is 1. The molecule has 1 aromatic rings. The van der Waals surface area contributed by atoms with E-state index in [9.17, 15) is 9.90 Å². The largest absolute Gasteiger partial charge is 0.507 e. The van der Waals surface area contributed by atoms with Crippen molar-refractivity contribution in [1.82, 2.24) is 4.90 Å². The summed E-state index contributed by atoms with van der Waals surface area (Å²) in [7, 11) is 0. The summed E-state index contributed by atoms with van der Waals surface area (Å²) in [6.07, 6.45) is 1.85. The Hall–Kier alpha value is -0.890. The van der Waals surface area contributed by atoms with E-state index in [1.165, 1.54) is 6.07 Å². The number of thiocarbonyl (C=S) groups is 1. The van der Waals surface area contributed by atoms with E-state index in [1.54, 1.807) is 17.0 Å². The minimum absolute atomic E-state index is 0.0762. The van der Waals surface area contributed by atoms with E-state index in [-0.39, 0.29) is 17.6 Å². The SMILES string of the molecule is NC(=S)C1CCCN(C(=O)c2ccc(I)c(O)c2)C1. The number of rotatable bonds is 2. The third-order valence-electron chi connectivity index (χ3n) is 3.30. The summed E-state index contributed by atoms with van der Waals surface area (Å²) in [4.78, 5) is 14.6. The first-order valence-electron chi connectivity index (χ1n) is 6.06. The zero-order valence-electron chi connectivity index (χ0n) is 10.3. The van der Waals surface area contributed by atoms with Gasteiger partial charge in [-0.15, -0.1) is 0 Å². The van der Waals surface area contributed by atoms with Gasteiger partial charge in [-0.05, 0) is 53.6 Å². The zero-order valence-corrected chi connectivity index (χ0v) is 13.3. The van der Waals surface area contributed by atoms with Crippen LogP contribution < -0.4 is 5.73 Å². The van der Waals surface area contributed by atoms with Crippen LogP contribution in [0.2, 0.25) is 0 Å². The normalized spacial score (nSPS) is 19.2. The molecule has 1 fully saturated rings. The smallest absolute Gasteiger partial charge is 0.254 e. The number of piperidine rings is 1. The second-order valence-electron chi connectivity index (χ2n) is 4.66. The molecule has 1 unspecified atom stereocenters. The van der Waals surface area contributed by atoms with Crippen LogP contribution in [0.1, 0.15) is 23.2 Å². The van der Waals surface area contributed by atoms with Gasteiger partial charge in [0.15, 0.2) is 0 Å². The van der Waals surface area contributed by atoms with Crippen LogP contribution in [0.15, 0.2) is 18.2 Å². The van der Waals surface area contributed by atoms with E-state index in [4.69, 9.17) is 18.0 Å². The third-order valence-corrected chi connectivity index (χ3v) is 4.55. The van der Waals surface area contributed by atoms with Crippen molar-refractivity contribution in [1.29, 1.82) is 0 Å². The molecule has 1 atom stereocenters. The number of halogens is 1. The molecule has 0 aromatic heterocycles. The second-order valence-corrected chi connectivity index (χ2v) is 6.29. The molecule has 0 aliphatic carbocycles. The quantitative estimate of drug-likeness (QED) is 0.600. The Bertz CT molecular complexity index is 521. The minimum atomic E-state index is -0.0762. The predicted octanol–water partition coefficient (Wildman–Crippen LogP) is 2.14. The van der Waals surface area contributed by atoms with Crippen molar-refractivity contribution in [2.24, 2.45) is 11.7 Å². The molecule has 0 radical (unpaired) electrons.